The normalized spacial score (nSPS) is 9.27. The second kappa shape index (κ2) is 3.12. The molecule has 0 saturated carbocycles. The van der Waals surface area contributed by atoms with Crippen LogP contribution < -0.4 is 0 Å². The maximum atomic E-state index is 10.7. The lowest BCUT2D eigenvalue weighted by Crippen LogP contribution is -2.06. The van der Waals surface area contributed by atoms with E-state index in [0.29, 0.717) is 5.56 Å². The molecule has 0 aliphatic carbocycles. The average molecular weight is 153 g/mol. The van der Waals surface area contributed by atoms with Crippen LogP contribution in [0.3, 0.4) is 0 Å². The van der Waals surface area contributed by atoms with Crippen LogP contribution in [0, 0.1) is 6.92 Å². The molecular formula is C7H7NO3. The number of hydrogen-bond donors (Lipinski definition) is 1. The largest absolute Gasteiger partial charge is 0.391 e. The van der Waals surface area contributed by atoms with Crippen molar-refractivity contribution < 1.29 is 14.9 Å². The van der Waals surface area contributed by atoms with Crippen LogP contribution in [0.1, 0.15) is 16.1 Å². The smallest absolute Gasteiger partial charge is 0.294 e. The molecule has 0 spiro atoms. The Balaban J connectivity index is 3.03. The maximum Gasteiger partial charge on any atom is 0.391 e. The van der Waals surface area contributed by atoms with Gasteiger partial charge in [-0.05, 0) is 18.6 Å². The predicted molar refractivity (Wildman–Crippen MR) is 37.0 cm³/mol. The molecule has 0 unspecified atom stereocenters. The fraction of sp³-hybridized carbons (Fsp3) is 0.143. The molecule has 1 rings (SSSR count). The number of aryl methyl sites for hydroxylation is 1. The van der Waals surface area contributed by atoms with Crippen LogP contribution in [-0.4, -0.2) is 16.2 Å². The van der Waals surface area contributed by atoms with Gasteiger partial charge in [0.15, 0.2) is 5.69 Å². The summed E-state index contributed by atoms with van der Waals surface area (Å²) in [6.45, 7) is 1.71. The van der Waals surface area contributed by atoms with Gasteiger partial charge in [-0.1, -0.05) is 6.07 Å². The maximum absolute atomic E-state index is 10.7. The highest BCUT2D eigenvalue weighted by molar-refractivity contribution is 5.88. The lowest BCUT2D eigenvalue weighted by atomic mass is 10.2. The number of carbonyl (C=O) groups excluding carboxylic acids is 1. The van der Waals surface area contributed by atoms with E-state index in [9.17, 15) is 4.79 Å². The van der Waals surface area contributed by atoms with Crippen LogP contribution >= 0.6 is 0 Å². The summed E-state index contributed by atoms with van der Waals surface area (Å²) in [6, 6.07) is 3.41. The van der Waals surface area contributed by atoms with Crippen LogP contribution in [0.25, 0.3) is 0 Å². The monoisotopic (exact) mass is 153 g/mol. The summed E-state index contributed by atoms with van der Waals surface area (Å²) in [4.78, 5) is 17.9. The Morgan fingerprint density at radius 1 is 1.73 bits per heavy atom. The van der Waals surface area contributed by atoms with Crippen molar-refractivity contribution in [1.82, 2.24) is 4.98 Å². The van der Waals surface area contributed by atoms with Gasteiger partial charge in [-0.15, -0.1) is 0 Å². The minimum Gasteiger partial charge on any atom is -0.294 e. The summed E-state index contributed by atoms with van der Waals surface area (Å²) in [5, 5.41) is 8.02. The number of nitrogens with zero attached hydrogens (tertiary/aromatic N) is 1. The molecule has 4 nitrogen and oxygen atoms in total. The summed E-state index contributed by atoms with van der Waals surface area (Å²) in [7, 11) is 0. The van der Waals surface area contributed by atoms with Crippen molar-refractivity contribution in [2.75, 3.05) is 0 Å². The first-order valence-electron chi connectivity index (χ1n) is 3.03. The van der Waals surface area contributed by atoms with E-state index >= 15 is 0 Å². The number of pyridine rings is 1. The van der Waals surface area contributed by atoms with E-state index in [-0.39, 0.29) is 5.69 Å². The van der Waals surface area contributed by atoms with Gasteiger partial charge in [0.25, 0.3) is 0 Å². The summed E-state index contributed by atoms with van der Waals surface area (Å²) in [6.07, 6.45) is 1.46. The molecule has 1 aromatic heterocycles. The molecular weight excluding hydrogens is 146 g/mol. The van der Waals surface area contributed by atoms with Crippen molar-refractivity contribution in [1.29, 1.82) is 0 Å². The summed E-state index contributed by atoms with van der Waals surface area (Å²) in [5.74, 6) is -0.830. The van der Waals surface area contributed by atoms with Gasteiger partial charge >= 0.3 is 5.97 Å². The SMILES string of the molecule is Cc1cccnc1C(=O)OO. The van der Waals surface area contributed by atoms with Gasteiger partial charge in [-0.2, -0.15) is 5.26 Å². The van der Waals surface area contributed by atoms with Crippen LogP contribution in [0.2, 0.25) is 0 Å². The zero-order chi connectivity index (χ0) is 8.27. The molecule has 11 heavy (non-hydrogen) atoms. The van der Waals surface area contributed by atoms with E-state index in [2.05, 4.69) is 9.87 Å². The van der Waals surface area contributed by atoms with E-state index < -0.39 is 5.97 Å². The third kappa shape index (κ3) is 1.53. The van der Waals surface area contributed by atoms with Crippen molar-refractivity contribution in [2.24, 2.45) is 0 Å². The third-order valence-electron chi connectivity index (χ3n) is 1.29. The fourth-order valence-electron chi connectivity index (χ4n) is 0.743. The zero-order valence-electron chi connectivity index (χ0n) is 5.94. The van der Waals surface area contributed by atoms with Gasteiger partial charge in [0.1, 0.15) is 0 Å². The molecule has 0 fully saturated rings. The van der Waals surface area contributed by atoms with E-state index in [1.165, 1.54) is 6.20 Å². The molecule has 0 aliphatic heterocycles. The van der Waals surface area contributed by atoms with Crippen LogP contribution in [0.5, 0.6) is 0 Å². The van der Waals surface area contributed by atoms with Gasteiger partial charge in [-0.3, -0.25) is 4.89 Å². The summed E-state index contributed by atoms with van der Waals surface area (Å²) < 4.78 is 0. The Labute approximate surface area is 63.4 Å². The summed E-state index contributed by atoms with van der Waals surface area (Å²) >= 11 is 0. The van der Waals surface area contributed by atoms with Crippen LogP contribution in [-0.2, 0) is 4.89 Å². The van der Waals surface area contributed by atoms with Crippen LogP contribution in [0.15, 0.2) is 18.3 Å². The molecule has 0 amide bonds. The predicted octanol–water partition coefficient (Wildman–Crippen LogP) is 1.02. The Morgan fingerprint density at radius 2 is 2.45 bits per heavy atom. The van der Waals surface area contributed by atoms with Gasteiger partial charge < -0.3 is 0 Å². The molecule has 0 saturated heterocycles. The van der Waals surface area contributed by atoms with Gasteiger partial charge in [-0.25, -0.2) is 9.78 Å². The van der Waals surface area contributed by atoms with Crippen molar-refractivity contribution in [3.05, 3.63) is 29.6 Å². The lowest BCUT2D eigenvalue weighted by Gasteiger charge is -1.97. The van der Waals surface area contributed by atoms with Crippen LogP contribution in [0.4, 0.5) is 0 Å². The second-order valence-corrected chi connectivity index (χ2v) is 2.05. The van der Waals surface area contributed by atoms with E-state index in [1.807, 2.05) is 0 Å². The first-order chi connectivity index (χ1) is 5.25. The molecule has 0 atom stereocenters. The van der Waals surface area contributed by atoms with E-state index in [1.54, 1.807) is 19.1 Å². The zero-order valence-corrected chi connectivity index (χ0v) is 5.94. The fourth-order valence-corrected chi connectivity index (χ4v) is 0.743. The molecule has 0 bridgehead atoms. The minimum atomic E-state index is -0.830. The Kier molecular flexibility index (Phi) is 2.18. The first kappa shape index (κ1) is 7.68. The van der Waals surface area contributed by atoms with Crippen molar-refractivity contribution in [3.63, 3.8) is 0 Å². The molecule has 1 heterocycles. The van der Waals surface area contributed by atoms with Crippen molar-refractivity contribution in [3.8, 4) is 0 Å². The third-order valence-corrected chi connectivity index (χ3v) is 1.29. The topological polar surface area (TPSA) is 59.4 Å². The molecule has 1 N–H and O–H groups in total. The average Bonchev–Trinajstić information content (AvgIpc) is 2.04. The van der Waals surface area contributed by atoms with Gasteiger partial charge in [0.2, 0.25) is 0 Å². The van der Waals surface area contributed by atoms with E-state index in [0.717, 1.165) is 0 Å². The minimum absolute atomic E-state index is 0.134. The molecule has 0 radical (unpaired) electrons. The van der Waals surface area contributed by atoms with E-state index in [4.69, 9.17) is 5.26 Å². The highest BCUT2D eigenvalue weighted by Gasteiger charge is 2.10. The number of hydrogen-bond acceptors (Lipinski definition) is 4. The first-order valence-corrected chi connectivity index (χ1v) is 3.03. The van der Waals surface area contributed by atoms with Crippen molar-refractivity contribution >= 4 is 5.97 Å². The molecule has 58 valence electrons. The highest BCUT2D eigenvalue weighted by Crippen LogP contribution is 2.03. The lowest BCUT2D eigenvalue weighted by molar-refractivity contribution is -0.183. The number of rotatable bonds is 1. The second-order valence-electron chi connectivity index (χ2n) is 2.05. The number of carbonyl (C=O) groups is 1. The highest BCUT2D eigenvalue weighted by atomic mass is 17.1. The molecule has 0 aromatic carbocycles. The van der Waals surface area contributed by atoms with Gasteiger partial charge in [0, 0.05) is 6.20 Å². The molecule has 4 heteroatoms. The Morgan fingerprint density at radius 3 is 3.00 bits per heavy atom. The Bertz CT molecular complexity index is 272. The Hall–Kier alpha value is -1.42. The molecule has 1 aromatic rings. The standard InChI is InChI=1S/C7H7NO3/c1-5-3-2-4-8-6(5)7(9)11-10/h2-4,10H,1H3. The van der Waals surface area contributed by atoms with Crippen molar-refractivity contribution in [2.45, 2.75) is 6.92 Å². The number of aromatic nitrogens is 1. The van der Waals surface area contributed by atoms with Gasteiger partial charge in [0.05, 0.1) is 0 Å². The summed E-state index contributed by atoms with van der Waals surface area (Å²) in [5.41, 5.74) is 0.807. The quantitative estimate of drug-likeness (QED) is 0.483. The molecule has 0 aliphatic rings.